The summed E-state index contributed by atoms with van der Waals surface area (Å²) in [6.45, 7) is 5.81. The molecule has 1 saturated carbocycles. The highest BCUT2D eigenvalue weighted by Gasteiger charge is 2.35. The Labute approximate surface area is 150 Å². The molecule has 0 bridgehead atoms. The van der Waals surface area contributed by atoms with E-state index in [1.54, 1.807) is 0 Å². The number of nitrogens with zero attached hydrogens (tertiary/aromatic N) is 2. The van der Waals surface area contributed by atoms with Crippen LogP contribution in [-0.4, -0.2) is 42.9 Å². The molecule has 5 heteroatoms. The normalized spacial score (nSPS) is 23.2. The lowest BCUT2D eigenvalue weighted by Gasteiger charge is -2.22. The summed E-state index contributed by atoms with van der Waals surface area (Å²) in [4.78, 5) is 19.1. The first-order chi connectivity index (χ1) is 12.3. The van der Waals surface area contributed by atoms with E-state index < -0.39 is 0 Å². The van der Waals surface area contributed by atoms with Gasteiger partial charge in [0.25, 0.3) is 0 Å². The van der Waals surface area contributed by atoms with Crippen LogP contribution < -0.4 is 10.6 Å². The van der Waals surface area contributed by atoms with Crippen molar-refractivity contribution in [2.75, 3.05) is 26.2 Å². The third kappa shape index (κ3) is 4.97. The summed E-state index contributed by atoms with van der Waals surface area (Å²) in [6.07, 6.45) is 5.42. The summed E-state index contributed by atoms with van der Waals surface area (Å²) in [5, 5.41) is 6.30. The lowest BCUT2D eigenvalue weighted by atomic mass is 9.82. The first kappa shape index (κ1) is 17.8. The minimum atomic E-state index is -0.0316. The number of guanidine groups is 1. The number of aliphatic imine (C=N–C) groups is 1. The Kier molecular flexibility index (Phi) is 6.31. The summed E-state index contributed by atoms with van der Waals surface area (Å²) in [7, 11) is 0. The van der Waals surface area contributed by atoms with E-state index in [1.807, 2.05) is 30.3 Å². The number of carbonyl (C=O) groups excluding carboxylic acids is 1. The Morgan fingerprint density at radius 3 is 2.44 bits per heavy atom. The topological polar surface area (TPSA) is 56.7 Å². The van der Waals surface area contributed by atoms with Crippen LogP contribution in [0.4, 0.5) is 0 Å². The Balaban J connectivity index is 1.52. The first-order valence-corrected chi connectivity index (χ1v) is 9.60. The third-order valence-corrected chi connectivity index (χ3v) is 5.32. The quantitative estimate of drug-likeness (QED) is 0.638. The van der Waals surface area contributed by atoms with E-state index in [0.717, 1.165) is 43.0 Å². The van der Waals surface area contributed by atoms with Crippen molar-refractivity contribution >= 4 is 11.9 Å². The van der Waals surface area contributed by atoms with Crippen molar-refractivity contribution < 1.29 is 4.79 Å². The number of benzene rings is 1. The number of hydrogen-bond donors (Lipinski definition) is 2. The van der Waals surface area contributed by atoms with E-state index in [9.17, 15) is 4.79 Å². The molecule has 0 radical (unpaired) electrons. The van der Waals surface area contributed by atoms with Crippen LogP contribution in [0.5, 0.6) is 0 Å². The van der Waals surface area contributed by atoms with Gasteiger partial charge >= 0.3 is 0 Å². The molecule has 1 heterocycles. The number of fused-ring (bicyclic) bond motifs is 1. The van der Waals surface area contributed by atoms with Gasteiger partial charge in [0, 0.05) is 26.2 Å². The second-order valence-corrected chi connectivity index (χ2v) is 7.14. The van der Waals surface area contributed by atoms with Crippen LogP contribution in [-0.2, 0) is 11.3 Å². The molecule has 1 aromatic rings. The Morgan fingerprint density at radius 2 is 1.80 bits per heavy atom. The Bertz CT molecular complexity index is 573. The average molecular weight is 342 g/mol. The van der Waals surface area contributed by atoms with Gasteiger partial charge < -0.3 is 15.5 Å². The first-order valence-electron chi connectivity index (χ1n) is 9.60. The molecule has 1 amide bonds. The lowest BCUT2D eigenvalue weighted by Crippen LogP contribution is -2.41. The van der Waals surface area contributed by atoms with Gasteiger partial charge in [0.1, 0.15) is 6.54 Å². The van der Waals surface area contributed by atoms with Gasteiger partial charge in [0.05, 0.1) is 0 Å². The minimum Gasteiger partial charge on any atom is -0.357 e. The SMILES string of the molecule is CCNC(=NCC(=O)NCc1ccccc1)N1CC2CCCCC2C1. The van der Waals surface area contributed by atoms with Crippen LogP contribution in [0.1, 0.15) is 38.2 Å². The second kappa shape index (κ2) is 8.88. The molecule has 0 aromatic heterocycles. The molecule has 2 atom stereocenters. The molecule has 1 aliphatic heterocycles. The van der Waals surface area contributed by atoms with Crippen molar-refractivity contribution in [2.24, 2.45) is 16.8 Å². The van der Waals surface area contributed by atoms with Crippen LogP contribution in [0, 0.1) is 11.8 Å². The molecule has 3 rings (SSSR count). The van der Waals surface area contributed by atoms with E-state index in [1.165, 1.54) is 25.7 Å². The molecule has 0 spiro atoms. The maximum absolute atomic E-state index is 12.1. The summed E-state index contributed by atoms with van der Waals surface area (Å²) in [5.74, 6) is 2.48. The number of nitrogens with one attached hydrogen (secondary N) is 2. The molecular formula is C20H30N4O. The van der Waals surface area contributed by atoms with E-state index in [2.05, 4.69) is 27.4 Å². The van der Waals surface area contributed by atoms with E-state index >= 15 is 0 Å². The molecule has 5 nitrogen and oxygen atoms in total. The monoisotopic (exact) mass is 342 g/mol. The molecule has 1 aromatic carbocycles. The zero-order chi connectivity index (χ0) is 17.5. The number of carbonyl (C=O) groups is 1. The highest BCUT2D eigenvalue weighted by atomic mass is 16.1. The van der Waals surface area contributed by atoms with Gasteiger partial charge in [-0.1, -0.05) is 43.2 Å². The Morgan fingerprint density at radius 1 is 1.12 bits per heavy atom. The smallest absolute Gasteiger partial charge is 0.242 e. The van der Waals surface area contributed by atoms with Crippen molar-refractivity contribution in [3.63, 3.8) is 0 Å². The van der Waals surface area contributed by atoms with Gasteiger partial charge in [-0.15, -0.1) is 0 Å². The van der Waals surface area contributed by atoms with Crippen molar-refractivity contribution in [1.29, 1.82) is 0 Å². The molecular weight excluding hydrogens is 312 g/mol. The van der Waals surface area contributed by atoms with Crippen LogP contribution in [0.2, 0.25) is 0 Å². The number of amides is 1. The summed E-state index contributed by atoms with van der Waals surface area (Å²) in [5.41, 5.74) is 1.11. The Hall–Kier alpha value is -2.04. The second-order valence-electron chi connectivity index (χ2n) is 7.14. The molecule has 136 valence electrons. The summed E-state index contributed by atoms with van der Waals surface area (Å²) < 4.78 is 0. The van der Waals surface area contributed by atoms with Gasteiger partial charge in [-0.3, -0.25) is 4.79 Å². The van der Waals surface area contributed by atoms with Gasteiger partial charge in [0.15, 0.2) is 5.96 Å². The maximum Gasteiger partial charge on any atom is 0.242 e. The number of likely N-dealkylation sites (tertiary alicyclic amines) is 1. The third-order valence-electron chi connectivity index (χ3n) is 5.32. The van der Waals surface area contributed by atoms with Gasteiger partial charge in [-0.05, 0) is 37.2 Å². The molecule has 2 aliphatic rings. The molecule has 25 heavy (non-hydrogen) atoms. The van der Waals surface area contributed by atoms with Gasteiger partial charge in [-0.25, -0.2) is 4.99 Å². The molecule has 2 fully saturated rings. The summed E-state index contributed by atoms with van der Waals surface area (Å²) in [6, 6.07) is 9.97. The van der Waals surface area contributed by atoms with Crippen LogP contribution in [0.3, 0.4) is 0 Å². The standard InChI is InChI=1S/C20H30N4O/c1-2-21-20(24-14-17-10-6-7-11-18(17)15-24)23-13-19(25)22-12-16-8-4-3-5-9-16/h3-5,8-9,17-18H,2,6-7,10-15H2,1H3,(H,21,23)(H,22,25). The largest absolute Gasteiger partial charge is 0.357 e. The maximum atomic E-state index is 12.1. The predicted octanol–water partition coefficient (Wildman–Crippen LogP) is 2.39. The van der Waals surface area contributed by atoms with E-state index in [0.29, 0.717) is 6.54 Å². The van der Waals surface area contributed by atoms with E-state index in [4.69, 9.17) is 0 Å². The fourth-order valence-electron chi connectivity index (χ4n) is 4.00. The van der Waals surface area contributed by atoms with E-state index in [-0.39, 0.29) is 12.5 Å². The zero-order valence-electron chi connectivity index (χ0n) is 15.2. The van der Waals surface area contributed by atoms with Gasteiger partial charge in [-0.2, -0.15) is 0 Å². The number of rotatable bonds is 5. The van der Waals surface area contributed by atoms with Crippen molar-refractivity contribution in [1.82, 2.24) is 15.5 Å². The molecule has 1 aliphatic carbocycles. The average Bonchev–Trinajstić information content (AvgIpc) is 3.08. The minimum absolute atomic E-state index is 0.0316. The highest BCUT2D eigenvalue weighted by Crippen LogP contribution is 2.35. The predicted molar refractivity (Wildman–Crippen MR) is 101 cm³/mol. The molecule has 1 saturated heterocycles. The summed E-state index contributed by atoms with van der Waals surface area (Å²) >= 11 is 0. The highest BCUT2D eigenvalue weighted by molar-refractivity contribution is 5.85. The van der Waals surface area contributed by atoms with Crippen LogP contribution in [0.15, 0.2) is 35.3 Å². The van der Waals surface area contributed by atoms with Crippen LogP contribution in [0.25, 0.3) is 0 Å². The number of hydrogen-bond acceptors (Lipinski definition) is 2. The van der Waals surface area contributed by atoms with Crippen LogP contribution >= 0.6 is 0 Å². The lowest BCUT2D eigenvalue weighted by molar-refractivity contribution is -0.119. The van der Waals surface area contributed by atoms with Crippen molar-refractivity contribution in [3.05, 3.63) is 35.9 Å². The van der Waals surface area contributed by atoms with Crippen molar-refractivity contribution in [3.8, 4) is 0 Å². The zero-order valence-corrected chi connectivity index (χ0v) is 15.2. The molecule has 2 N–H and O–H groups in total. The van der Waals surface area contributed by atoms with Gasteiger partial charge in [0.2, 0.25) is 5.91 Å². The molecule has 2 unspecified atom stereocenters. The van der Waals surface area contributed by atoms with Crippen molar-refractivity contribution in [2.45, 2.75) is 39.2 Å². The fourth-order valence-corrected chi connectivity index (χ4v) is 4.00. The fraction of sp³-hybridized carbons (Fsp3) is 0.600.